The summed E-state index contributed by atoms with van der Waals surface area (Å²) in [6, 6.07) is 0.541. The van der Waals surface area contributed by atoms with Crippen molar-refractivity contribution >= 4 is 11.6 Å². The zero-order chi connectivity index (χ0) is 13.1. The highest BCUT2D eigenvalue weighted by atomic mass is 15.2. The summed E-state index contributed by atoms with van der Waals surface area (Å²) in [5, 5.41) is 0. The number of nitrogens with two attached hydrogens (primary N) is 1. The fraction of sp³-hybridized carbons (Fsp3) is 0.714. The summed E-state index contributed by atoms with van der Waals surface area (Å²) in [7, 11) is 0. The van der Waals surface area contributed by atoms with E-state index in [0.717, 1.165) is 17.9 Å². The van der Waals surface area contributed by atoms with Crippen molar-refractivity contribution in [2.45, 2.75) is 58.4 Å². The van der Waals surface area contributed by atoms with Crippen LogP contribution in [0.5, 0.6) is 0 Å². The first kappa shape index (κ1) is 13.1. The van der Waals surface area contributed by atoms with E-state index in [0.29, 0.717) is 17.8 Å². The summed E-state index contributed by atoms with van der Waals surface area (Å²) >= 11 is 0. The van der Waals surface area contributed by atoms with E-state index in [1.165, 1.54) is 25.7 Å². The Kier molecular flexibility index (Phi) is 4.04. The van der Waals surface area contributed by atoms with Gasteiger partial charge in [0.2, 0.25) is 0 Å². The Morgan fingerprint density at radius 2 is 2.06 bits per heavy atom. The minimum Gasteiger partial charge on any atom is -0.383 e. The maximum absolute atomic E-state index is 6.04. The Labute approximate surface area is 110 Å². The second-order valence-electron chi connectivity index (χ2n) is 5.54. The van der Waals surface area contributed by atoms with Crippen LogP contribution in [0.15, 0.2) is 6.33 Å². The average Bonchev–Trinajstić information content (AvgIpc) is 2.53. The van der Waals surface area contributed by atoms with Gasteiger partial charge < -0.3 is 10.6 Å². The zero-order valence-electron chi connectivity index (χ0n) is 11.7. The molecule has 18 heavy (non-hydrogen) atoms. The van der Waals surface area contributed by atoms with Crippen LogP contribution in [0.2, 0.25) is 0 Å². The molecule has 0 amide bonds. The van der Waals surface area contributed by atoms with Crippen molar-refractivity contribution in [3.8, 4) is 0 Å². The van der Waals surface area contributed by atoms with E-state index < -0.39 is 0 Å². The van der Waals surface area contributed by atoms with Crippen molar-refractivity contribution in [3.63, 3.8) is 0 Å². The minimum atomic E-state index is 0.358. The van der Waals surface area contributed by atoms with Gasteiger partial charge in [-0.1, -0.05) is 26.7 Å². The van der Waals surface area contributed by atoms with Gasteiger partial charge in [-0.3, -0.25) is 0 Å². The van der Waals surface area contributed by atoms with E-state index in [4.69, 9.17) is 5.73 Å². The second-order valence-corrected chi connectivity index (χ2v) is 5.54. The largest absolute Gasteiger partial charge is 0.383 e. The third kappa shape index (κ3) is 2.57. The Balaban J connectivity index is 2.39. The average molecular weight is 248 g/mol. The lowest BCUT2D eigenvalue weighted by atomic mass is 10.0. The number of rotatable bonds is 2. The minimum absolute atomic E-state index is 0.358. The number of aromatic nitrogens is 2. The molecule has 4 nitrogen and oxygen atoms in total. The predicted octanol–water partition coefficient (Wildman–Crippen LogP) is 2.95. The summed E-state index contributed by atoms with van der Waals surface area (Å²) in [6.07, 6.45) is 6.70. The number of anilines is 2. The lowest BCUT2D eigenvalue weighted by molar-refractivity contribution is 0.606. The Morgan fingerprint density at radius 3 is 2.78 bits per heavy atom. The zero-order valence-corrected chi connectivity index (χ0v) is 11.7. The molecule has 1 unspecified atom stereocenters. The van der Waals surface area contributed by atoms with E-state index >= 15 is 0 Å². The highest BCUT2D eigenvalue weighted by Crippen LogP contribution is 2.32. The topological polar surface area (TPSA) is 55.0 Å². The lowest BCUT2D eigenvalue weighted by Gasteiger charge is -2.31. The Bertz CT molecular complexity index is 403. The summed E-state index contributed by atoms with van der Waals surface area (Å²) in [5.74, 6) is 2.04. The van der Waals surface area contributed by atoms with Crippen LogP contribution in [-0.4, -0.2) is 22.6 Å². The van der Waals surface area contributed by atoms with Gasteiger partial charge in [-0.15, -0.1) is 0 Å². The van der Waals surface area contributed by atoms with E-state index in [1.54, 1.807) is 6.33 Å². The second kappa shape index (κ2) is 5.55. The molecular formula is C14H24N4. The molecule has 100 valence electrons. The molecule has 1 aromatic heterocycles. The molecule has 1 aliphatic rings. The molecule has 1 saturated heterocycles. The molecule has 1 fully saturated rings. The van der Waals surface area contributed by atoms with Crippen molar-refractivity contribution in [3.05, 3.63) is 11.9 Å². The summed E-state index contributed by atoms with van der Waals surface area (Å²) in [4.78, 5) is 11.1. The fourth-order valence-corrected chi connectivity index (χ4v) is 2.77. The highest BCUT2D eigenvalue weighted by molar-refractivity contribution is 5.58. The van der Waals surface area contributed by atoms with E-state index in [-0.39, 0.29) is 0 Å². The number of hydrogen-bond donors (Lipinski definition) is 1. The van der Waals surface area contributed by atoms with Crippen LogP contribution in [0.25, 0.3) is 0 Å². The fourth-order valence-electron chi connectivity index (χ4n) is 2.77. The van der Waals surface area contributed by atoms with Crippen molar-refractivity contribution in [1.29, 1.82) is 0 Å². The quantitative estimate of drug-likeness (QED) is 0.874. The molecule has 1 aromatic rings. The Hall–Kier alpha value is -1.32. The maximum Gasteiger partial charge on any atom is 0.137 e. The van der Waals surface area contributed by atoms with Gasteiger partial charge in [-0.05, 0) is 25.7 Å². The van der Waals surface area contributed by atoms with Gasteiger partial charge in [0.15, 0.2) is 0 Å². The first-order chi connectivity index (χ1) is 8.61. The van der Waals surface area contributed by atoms with E-state index in [2.05, 4.69) is 35.6 Å². The van der Waals surface area contributed by atoms with Crippen molar-refractivity contribution in [1.82, 2.24) is 9.97 Å². The molecule has 2 rings (SSSR count). The van der Waals surface area contributed by atoms with Crippen molar-refractivity contribution < 1.29 is 0 Å². The van der Waals surface area contributed by atoms with Crippen molar-refractivity contribution in [2.75, 3.05) is 17.2 Å². The maximum atomic E-state index is 6.04. The van der Waals surface area contributed by atoms with Crippen LogP contribution in [-0.2, 0) is 0 Å². The molecule has 0 aliphatic carbocycles. The smallest absolute Gasteiger partial charge is 0.137 e. The van der Waals surface area contributed by atoms with Crippen LogP contribution >= 0.6 is 0 Å². The van der Waals surface area contributed by atoms with Crippen LogP contribution in [0, 0.1) is 0 Å². The summed E-state index contributed by atoms with van der Waals surface area (Å²) in [5.41, 5.74) is 7.14. The lowest BCUT2D eigenvalue weighted by Crippen LogP contribution is -2.34. The third-order valence-corrected chi connectivity index (χ3v) is 3.80. The Morgan fingerprint density at radius 1 is 1.28 bits per heavy atom. The van der Waals surface area contributed by atoms with Gasteiger partial charge in [0.1, 0.15) is 18.0 Å². The normalized spacial score (nSPS) is 21.1. The molecular weight excluding hydrogens is 224 g/mol. The number of nitrogens with zero attached hydrogens (tertiary/aromatic N) is 3. The van der Waals surface area contributed by atoms with E-state index in [9.17, 15) is 0 Å². The van der Waals surface area contributed by atoms with Crippen LogP contribution in [0.3, 0.4) is 0 Å². The molecule has 1 aliphatic heterocycles. The molecule has 0 bridgehead atoms. The first-order valence-electron chi connectivity index (χ1n) is 6.98. The summed E-state index contributed by atoms with van der Waals surface area (Å²) < 4.78 is 0. The number of nitrogen functional groups attached to an aromatic ring is 1. The molecule has 2 heterocycles. The van der Waals surface area contributed by atoms with Gasteiger partial charge in [0.25, 0.3) is 0 Å². The molecule has 0 spiro atoms. The number of hydrogen-bond acceptors (Lipinski definition) is 4. The van der Waals surface area contributed by atoms with Crippen LogP contribution in [0.4, 0.5) is 11.6 Å². The van der Waals surface area contributed by atoms with Gasteiger partial charge in [-0.2, -0.15) is 0 Å². The van der Waals surface area contributed by atoms with Crippen molar-refractivity contribution in [2.24, 2.45) is 0 Å². The SMILES string of the molecule is CC(C)c1c(N)ncnc1N1CCCCCC1C. The van der Waals surface area contributed by atoms with Crippen LogP contribution < -0.4 is 10.6 Å². The molecule has 0 saturated carbocycles. The molecule has 1 atom stereocenters. The van der Waals surface area contributed by atoms with E-state index in [1.807, 2.05) is 0 Å². The monoisotopic (exact) mass is 248 g/mol. The van der Waals surface area contributed by atoms with Crippen LogP contribution in [0.1, 0.15) is 57.9 Å². The first-order valence-corrected chi connectivity index (χ1v) is 6.98. The predicted molar refractivity (Wildman–Crippen MR) is 75.8 cm³/mol. The van der Waals surface area contributed by atoms with Gasteiger partial charge >= 0.3 is 0 Å². The molecule has 0 radical (unpaired) electrons. The van der Waals surface area contributed by atoms with Gasteiger partial charge in [0, 0.05) is 18.2 Å². The molecule has 2 N–H and O–H groups in total. The molecule has 0 aromatic carbocycles. The third-order valence-electron chi connectivity index (χ3n) is 3.80. The summed E-state index contributed by atoms with van der Waals surface area (Å²) in [6.45, 7) is 7.67. The standard InChI is InChI=1S/C14H24N4/c1-10(2)12-13(15)16-9-17-14(12)18-8-6-4-5-7-11(18)3/h9-11H,4-8H2,1-3H3,(H2,15,16,17). The molecule has 4 heteroatoms. The van der Waals surface area contributed by atoms with Gasteiger partial charge in [-0.25, -0.2) is 9.97 Å². The van der Waals surface area contributed by atoms with Gasteiger partial charge in [0.05, 0.1) is 0 Å². The highest BCUT2D eigenvalue weighted by Gasteiger charge is 2.23.